The van der Waals surface area contributed by atoms with Gasteiger partial charge in [0.15, 0.2) is 0 Å². The van der Waals surface area contributed by atoms with Gasteiger partial charge in [-0.3, -0.25) is 4.79 Å². The predicted octanol–water partition coefficient (Wildman–Crippen LogP) is 7.19. The molecule has 0 saturated carbocycles. The second kappa shape index (κ2) is 12.0. The first-order chi connectivity index (χ1) is 17.7. The van der Waals surface area contributed by atoms with E-state index in [0.717, 1.165) is 36.1 Å². The number of aryl methyl sites for hydroxylation is 1. The highest BCUT2D eigenvalue weighted by Crippen LogP contribution is 2.27. The molecule has 1 aliphatic carbocycles. The maximum atomic E-state index is 13.6. The van der Waals surface area contributed by atoms with Crippen LogP contribution < -0.4 is 10.1 Å². The van der Waals surface area contributed by atoms with Gasteiger partial charge in [-0.25, -0.2) is 0 Å². The van der Waals surface area contributed by atoms with Gasteiger partial charge in [0.25, 0.3) is 5.91 Å². The van der Waals surface area contributed by atoms with Crippen molar-refractivity contribution in [1.29, 1.82) is 0 Å². The molecule has 0 fully saturated rings. The lowest BCUT2D eigenvalue weighted by Crippen LogP contribution is -2.41. The van der Waals surface area contributed by atoms with Gasteiger partial charge in [0.2, 0.25) is 0 Å². The van der Waals surface area contributed by atoms with Crippen molar-refractivity contribution in [3.63, 3.8) is 0 Å². The van der Waals surface area contributed by atoms with E-state index in [1.165, 1.54) is 5.56 Å². The molecule has 0 aliphatic heterocycles. The SMILES string of the molecule is CC(C)(C)COc1cccc(CC(NC(=O)c2cccc3c2C=CCCC3)C(O)c2cccc(Cl)c2)c1. The Balaban J connectivity index is 1.61. The number of aliphatic hydroxyl groups excluding tert-OH is 1. The molecule has 3 aromatic rings. The number of carbonyl (C=O) groups excluding carboxylic acids is 1. The summed E-state index contributed by atoms with van der Waals surface area (Å²) in [4.78, 5) is 13.6. The van der Waals surface area contributed by atoms with Gasteiger partial charge < -0.3 is 15.2 Å². The monoisotopic (exact) mass is 517 g/mol. The maximum absolute atomic E-state index is 13.6. The van der Waals surface area contributed by atoms with Crippen molar-refractivity contribution in [2.45, 2.75) is 58.6 Å². The minimum Gasteiger partial charge on any atom is -0.493 e. The van der Waals surface area contributed by atoms with E-state index in [4.69, 9.17) is 16.3 Å². The molecule has 5 heteroatoms. The quantitative estimate of drug-likeness (QED) is 0.332. The topological polar surface area (TPSA) is 58.6 Å². The number of benzene rings is 3. The van der Waals surface area contributed by atoms with Crippen LogP contribution in [0.3, 0.4) is 0 Å². The van der Waals surface area contributed by atoms with E-state index in [0.29, 0.717) is 29.2 Å². The van der Waals surface area contributed by atoms with E-state index in [-0.39, 0.29) is 11.3 Å². The number of halogens is 1. The first-order valence-electron chi connectivity index (χ1n) is 12.9. The standard InChI is InChI=1S/C32H36ClNO3/c1-32(2,3)21-37-26-15-7-10-22(18-26)19-29(30(35)24-13-8-14-25(33)20-24)34-31(36)28-17-9-12-23-11-5-4-6-16-27(23)28/h6-10,12-18,20,29-30,35H,4-5,11,19,21H2,1-3H3,(H,34,36). The van der Waals surface area contributed by atoms with Crippen LogP contribution in [0, 0.1) is 5.41 Å². The van der Waals surface area contributed by atoms with E-state index in [9.17, 15) is 9.90 Å². The van der Waals surface area contributed by atoms with Crippen molar-refractivity contribution < 1.29 is 14.6 Å². The lowest BCUT2D eigenvalue weighted by Gasteiger charge is -2.26. The zero-order valence-electron chi connectivity index (χ0n) is 21.8. The molecular formula is C32H36ClNO3. The van der Waals surface area contributed by atoms with E-state index in [1.54, 1.807) is 12.1 Å². The third-order valence-corrected chi connectivity index (χ3v) is 6.69. The van der Waals surface area contributed by atoms with E-state index in [1.807, 2.05) is 48.5 Å². The lowest BCUT2D eigenvalue weighted by atomic mass is 9.94. The van der Waals surface area contributed by atoms with Crippen molar-refractivity contribution >= 4 is 23.6 Å². The molecular weight excluding hydrogens is 482 g/mol. The zero-order chi connectivity index (χ0) is 26.4. The van der Waals surface area contributed by atoms with Crippen LogP contribution in [0.2, 0.25) is 5.02 Å². The van der Waals surface area contributed by atoms with Crippen molar-refractivity contribution in [1.82, 2.24) is 5.32 Å². The molecule has 194 valence electrons. The maximum Gasteiger partial charge on any atom is 0.252 e. The Bertz CT molecular complexity index is 1260. The fourth-order valence-electron chi connectivity index (χ4n) is 4.56. The normalized spacial score (nSPS) is 14.8. The van der Waals surface area contributed by atoms with E-state index >= 15 is 0 Å². The second-order valence-corrected chi connectivity index (χ2v) is 11.4. The molecule has 0 saturated heterocycles. The highest BCUT2D eigenvalue weighted by molar-refractivity contribution is 6.30. The molecule has 37 heavy (non-hydrogen) atoms. The Morgan fingerprint density at radius 1 is 1.08 bits per heavy atom. The summed E-state index contributed by atoms with van der Waals surface area (Å²) in [5.41, 5.74) is 4.43. The van der Waals surface area contributed by atoms with Crippen LogP contribution in [0.5, 0.6) is 5.75 Å². The minimum absolute atomic E-state index is 0.0391. The summed E-state index contributed by atoms with van der Waals surface area (Å²) in [5.74, 6) is 0.572. The van der Waals surface area contributed by atoms with Crippen LogP contribution in [0.4, 0.5) is 0 Å². The Hall–Kier alpha value is -3.08. The molecule has 4 rings (SSSR count). The van der Waals surface area contributed by atoms with Gasteiger partial charge in [0.05, 0.1) is 18.8 Å². The Morgan fingerprint density at radius 2 is 1.86 bits per heavy atom. The number of hydrogen-bond donors (Lipinski definition) is 2. The molecule has 2 N–H and O–H groups in total. The van der Waals surface area contributed by atoms with Gasteiger partial charge in [-0.1, -0.05) is 80.9 Å². The summed E-state index contributed by atoms with van der Waals surface area (Å²) in [7, 11) is 0. The van der Waals surface area contributed by atoms with Crippen molar-refractivity contribution in [3.05, 3.63) is 106 Å². The molecule has 0 aromatic heterocycles. The molecule has 2 unspecified atom stereocenters. The number of rotatable bonds is 8. The highest BCUT2D eigenvalue weighted by atomic mass is 35.5. The van der Waals surface area contributed by atoms with Crippen LogP contribution >= 0.6 is 11.6 Å². The fourth-order valence-corrected chi connectivity index (χ4v) is 4.76. The van der Waals surface area contributed by atoms with Crippen LogP contribution in [0.25, 0.3) is 6.08 Å². The molecule has 3 aromatic carbocycles. The summed E-state index contributed by atoms with van der Waals surface area (Å²) in [5, 5.41) is 15.1. The fraction of sp³-hybridized carbons (Fsp3) is 0.344. The van der Waals surface area contributed by atoms with Crippen molar-refractivity contribution in [2.24, 2.45) is 5.41 Å². The predicted molar refractivity (Wildman–Crippen MR) is 151 cm³/mol. The van der Waals surface area contributed by atoms with Gasteiger partial charge >= 0.3 is 0 Å². The number of carbonyl (C=O) groups is 1. The molecule has 4 nitrogen and oxygen atoms in total. The number of allylic oxidation sites excluding steroid dienone is 1. The first kappa shape index (κ1) is 27.0. The number of ether oxygens (including phenoxy) is 1. The van der Waals surface area contributed by atoms with Crippen LogP contribution in [-0.4, -0.2) is 23.7 Å². The summed E-state index contributed by atoms with van der Waals surface area (Å²) in [6.07, 6.45) is 6.67. The number of fused-ring (bicyclic) bond motifs is 1. The van der Waals surface area contributed by atoms with Gasteiger partial charge in [-0.15, -0.1) is 0 Å². The minimum atomic E-state index is -0.945. The second-order valence-electron chi connectivity index (χ2n) is 11.0. The van der Waals surface area contributed by atoms with Gasteiger partial charge in [-0.2, -0.15) is 0 Å². The van der Waals surface area contributed by atoms with Gasteiger partial charge in [0, 0.05) is 10.6 Å². The Morgan fingerprint density at radius 3 is 2.65 bits per heavy atom. The Labute approximate surface area is 225 Å². The highest BCUT2D eigenvalue weighted by Gasteiger charge is 2.26. The van der Waals surface area contributed by atoms with E-state index in [2.05, 4.69) is 44.3 Å². The van der Waals surface area contributed by atoms with Crippen LogP contribution in [0.1, 0.15) is 72.3 Å². The van der Waals surface area contributed by atoms with E-state index < -0.39 is 12.1 Å². The number of nitrogens with one attached hydrogen (secondary N) is 1. The average molecular weight is 518 g/mol. The molecule has 0 heterocycles. The van der Waals surface area contributed by atoms with Crippen molar-refractivity contribution in [2.75, 3.05) is 6.61 Å². The summed E-state index contributed by atoms with van der Waals surface area (Å²) in [6.45, 7) is 6.98. The lowest BCUT2D eigenvalue weighted by molar-refractivity contribution is 0.0832. The average Bonchev–Trinajstić information content (AvgIpc) is 3.12. The Kier molecular flexibility index (Phi) is 8.73. The molecule has 0 bridgehead atoms. The first-order valence-corrected chi connectivity index (χ1v) is 13.3. The third kappa shape index (κ3) is 7.47. The zero-order valence-corrected chi connectivity index (χ0v) is 22.6. The molecule has 1 amide bonds. The van der Waals surface area contributed by atoms with Gasteiger partial charge in [0.1, 0.15) is 5.75 Å². The third-order valence-electron chi connectivity index (χ3n) is 6.46. The number of hydrogen-bond acceptors (Lipinski definition) is 3. The van der Waals surface area contributed by atoms with Crippen LogP contribution in [-0.2, 0) is 12.8 Å². The molecule has 1 aliphatic rings. The summed E-state index contributed by atoms with van der Waals surface area (Å²) >= 11 is 6.22. The number of aliphatic hydroxyl groups is 1. The van der Waals surface area contributed by atoms with Crippen LogP contribution in [0.15, 0.2) is 72.8 Å². The smallest absolute Gasteiger partial charge is 0.252 e. The van der Waals surface area contributed by atoms with Gasteiger partial charge in [-0.05, 0) is 83.7 Å². The molecule has 0 spiro atoms. The molecule has 0 radical (unpaired) electrons. The summed E-state index contributed by atoms with van der Waals surface area (Å²) in [6, 6.07) is 20.3. The molecule has 2 atom stereocenters. The summed E-state index contributed by atoms with van der Waals surface area (Å²) < 4.78 is 6.00. The largest absolute Gasteiger partial charge is 0.493 e. The van der Waals surface area contributed by atoms with Crippen molar-refractivity contribution in [3.8, 4) is 5.75 Å². The number of amides is 1.